The summed E-state index contributed by atoms with van der Waals surface area (Å²) in [5, 5.41) is 11.9. The Labute approximate surface area is 205 Å². The number of carboxylic acids is 1. The van der Waals surface area contributed by atoms with Crippen molar-refractivity contribution in [2.75, 3.05) is 32.8 Å². The van der Waals surface area contributed by atoms with E-state index < -0.39 is 30.4 Å². The molecule has 1 aliphatic heterocycles. The van der Waals surface area contributed by atoms with Crippen LogP contribution in [0.2, 0.25) is 0 Å². The first-order chi connectivity index (χ1) is 16.6. The average Bonchev–Trinajstić information content (AvgIpc) is 3.15. The standard InChI is InChI=1S/C27H33N3O5/c1-27(2,3)30-14-12-29(13-15-30)25(33)23(16-24(31)32)28-26(34)35-17-22-20-10-6-4-8-18(20)19-9-5-7-11-21(19)22/h4-11,22-23H,12-17H2,1-3H3,(H,28,34)(H,31,32). The van der Waals surface area contributed by atoms with Crippen LogP contribution in [-0.2, 0) is 14.3 Å². The Morgan fingerprint density at radius 2 is 1.51 bits per heavy atom. The van der Waals surface area contributed by atoms with Gasteiger partial charge in [-0.15, -0.1) is 0 Å². The number of piperazine rings is 1. The summed E-state index contributed by atoms with van der Waals surface area (Å²) >= 11 is 0. The largest absolute Gasteiger partial charge is 0.481 e. The van der Waals surface area contributed by atoms with Gasteiger partial charge >= 0.3 is 12.1 Å². The lowest BCUT2D eigenvalue weighted by molar-refractivity contribution is -0.143. The highest BCUT2D eigenvalue weighted by Gasteiger charge is 2.34. The van der Waals surface area contributed by atoms with Crippen LogP contribution in [0.4, 0.5) is 4.79 Å². The van der Waals surface area contributed by atoms with Crippen molar-refractivity contribution in [2.24, 2.45) is 0 Å². The number of fused-ring (bicyclic) bond motifs is 3. The van der Waals surface area contributed by atoms with Crippen LogP contribution in [0.3, 0.4) is 0 Å². The number of hydrogen-bond acceptors (Lipinski definition) is 5. The van der Waals surface area contributed by atoms with Gasteiger partial charge in [-0.1, -0.05) is 48.5 Å². The molecule has 2 N–H and O–H groups in total. The van der Waals surface area contributed by atoms with E-state index in [2.05, 4.69) is 43.1 Å². The molecular weight excluding hydrogens is 446 g/mol. The molecule has 8 heteroatoms. The van der Waals surface area contributed by atoms with E-state index >= 15 is 0 Å². The van der Waals surface area contributed by atoms with E-state index in [0.29, 0.717) is 26.2 Å². The first kappa shape index (κ1) is 24.7. The summed E-state index contributed by atoms with van der Waals surface area (Å²) in [6.07, 6.45) is -1.29. The molecule has 2 aromatic rings. The number of carbonyl (C=O) groups is 3. The number of aliphatic carboxylic acids is 1. The molecule has 0 bridgehead atoms. The van der Waals surface area contributed by atoms with E-state index in [1.807, 2.05) is 36.4 Å². The van der Waals surface area contributed by atoms with Crippen LogP contribution in [0.15, 0.2) is 48.5 Å². The predicted octanol–water partition coefficient (Wildman–Crippen LogP) is 3.31. The van der Waals surface area contributed by atoms with Gasteiger partial charge in [0, 0.05) is 37.6 Å². The molecule has 2 amide bonds. The normalized spacial score (nSPS) is 16.8. The fourth-order valence-corrected chi connectivity index (χ4v) is 4.98. The van der Waals surface area contributed by atoms with Gasteiger partial charge in [-0.25, -0.2) is 4.79 Å². The molecular formula is C27H33N3O5. The van der Waals surface area contributed by atoms with Gasteiger partial charge in [0.05, 0.1) is 6.42 Å². The highest BCUT2D eigenvalue weighted by atomic mass is 16.5. The van der Waals surface area contributed by atoms with Crippen LogP contribution >= 0.6 is 0 Å². The van der Waals surface area contributed by atoms with Gasteiger partial charge in [-0.05, 0) is 43.0 Å². The maximum absolute atomic E-state index is 13.1. The number of rotatable bonds is 6. The minimum Gasteiger partial charge on any atom is -0.481 e. The number of ether oxygens (including phenoxy) is 1. The number of carbonyl (C=O) groups excluding carboxylic acids is 2. The second-order valence-corrected chi connectivity index (χ2v) is 10.1. The van der Waals surface area contributed by atoms with Crippen molar-refractivity contribution in [1.29, 1.82) is 0 Å². The van der Waals surface area contributed by atoms with Gasteiger partial charge < -0.3 is 20.1 Å². The fourth-order valence-electron chi connectivity index (χ4n) is 4.98. The molecule has 4 rings (SSSR count). The Bertz CT molecular complexity index is 1060. The van der Waals surface area contributed by atoms with E-state index in [4.69, 9.17) is 4.74 Å². The fraction of sp³-hybridized carbons (Fsp3) is 0.444. The Morgan fingerprint density at radius 1 is 0.971 bits per heavy atom. The molecule has 8 nitrogen and oxygen atoms in total. The van der Waals surface area contributed by atoms with Gasteiger partial charge in [-0.3, -0.25) is 14.5 Å². The van der Waals surface area contributed by atoms with Crippen molar-refractivity contribution in [3.63, 3.8) is 0 Å². The SMILES string of the molecule is CC(C)(C)N1CCN(C(=O)C(CC(=O)O)NC(=O)OCC2c3ccccc3-c3ccccc32)CC1. The number of alkyl carbamates (subject to hydrolysis) is 1. The average molecular weight is 480 g/mol. The lowest BCUT2D eigenvalue weighted by Crippen LogP contribution is -2.58. The number of nitrogens with one attached hydrogen (secondary N) is 1. The second-order valence-electron chi connectivity index (χ2n) is 10.1. The van der Waals surface area contributed by atoms with E-state index in [1.54, 1.807) is 4.90 Å². The van der Waals surface area contributed by atoms with Gasteiger partial charge in [0.15, 0.2) is 0 Å². The molecule has 1 heterocycles. The van der Waals surface area contributed by atoms with Crippen molar-refractivity contribution >= 4 is 18.0 Å². The van der Waals surface area contributed by atoms with Crippen LogP contribution < -0.4 is 5.32 Å². The molecule has 1 atom stereocenters. The molecule has 1 aliphatic carbocycles. The van der Waals surface area contributed by atoms with Gasteiger partial charge in [0.2, 0.25) is 5.91 Å². The first-order valence-corrected chi connectivity index (χ1v) is 12.0. The van der Waals surface area contributed by atoms with Crippen molar-refractivity contribution in [1.82, 2.24) is 15.1 Å². The minimum absolute atomic E-state index is 0.00483. The van der Waals surface area contributed by atoms with E-state index in [9.17, 15) is 19.5 Å². The van der Waals surface area contributed by atoms with E-state index in [0.717, 1.165) is 22.3 Å². The molecule has 0 spiro atoms. The maximum Gasteiger partial charge on any atom is 0.407 e. The zero-order valence-electron chi connectivity index (χ0n) is 20.5. The van der Waals surface area contributed by atoms with Crippen LogP contribution in [0.1, 0.15) is 44.2 Å². The Hall–Kier alpha value is -3.39. The number of carboxylic acid groups (broad SMARTS) is 1. The number of amides is 2. The summed E-state index contributed by atoms with van der Waals surface area (Å²) < 4.78 is 5.53. The molecule has 2 aromatic carbocycles. The molecule has 1 fully saturated rings. The number of hydrogen-bond donors (Lipinski definition) is 2. The van der Waals surface area contributed by atoms with Crippen LogP contribution in [0.25, 0.3) is 11.1 Å². The summed E-state index contributed by atoms with van der Waals surface area (Å²) in [7, 11) is 0. The topological polar surface area (TPSA) is 99.2 Å². The van der Waals surface area contributed by atoms with Crippen molar-refractivity contribution in [3.8, 4) is 11.1 Å². The molecule has 0 saturated carbocycles. The summed E-state index contributed by atoms with van der Waals surface area (Å²) in [5.41, 5.74) is 4.39. The molecule has 35 heavy (non-hydrogen) atoms. The van der Waals surface area contributed by atoms with Crippen molar-refractivity contribution in [2.45, 2.75) is 44.7 Å². The molecule has 1 unspecified atom stereocenters. The maximum atomic E-state index is 13.1. The highest BCUT2D eigenvalue weighted by Crippen LogP contribution is 2.44. The zero-order valence-corrected chi connectivity index (χ0v) is 20.5. The third kappa shape index (κ3) is 5.48. The number of benzene rings is 2. The molecule has 186 valence electrons. The first-order valence-electron chi connectivity index (χ1n) is 12.0. The lowest BCUT2D eigenvalue weighted by Gasteiger charge is -2.42. The van der Waals surface area contributed by atoms with Gasteiger partial charge in [0.1, 0.15) is 12.6 Å². The lowest BCUT2D eigenvalue weighted by atomic mass is 9.98. The molecule has 1 saturated heterocycles. The molecule has 0 radical (unpaired) electrons. The minimum atomic E-state index is -1.18. The van der Waals surface area contributed by atoms with Crippen LogP contribution in [0.5, 0.6) is 0 Å². The second kappa shape index (κ2) is 10.1. The highest BCUT2D eigenvalue weighted by molar-refractivity contribution is 5.89. The summed E-state index contributed by atoms with van der Waals surface area (Å²) in [4.78, 5) is 41.1. The Kier molecular flexibility index (Phi) is 7.12. The number of nitrogens with zero attached hydrogens (tertiary/aromatic N) is 2. The monoisotopic (exact) mass is 479 g/mol. The third-order valence-electron chi connectivity index (χ3n) is 6.85. The van der Waals surface area contributed by atoms with Crippen molar-refractivity contribution < 1.29 is 24.2 Å². The third-order valence-corrected chi connectivity index (χ3v) is 6.85. The Balaban J connectivity index is 1.39. The zero-order chi connectivity index (χ0) is 25.2. The molecule has 0 aromatic heterocycles. The predicted molar refractivity (Wildman–Crippen MR) is 132 cm³/mol. The van der Waals surface area contributed by atoms with Crippen molar-refractivity contribution in [3.05, 3.63) is 59.7 Å². The summed E-state index contributed by atoms with van der Waals surface area (Å²) in [6.45, 7) is 8.82. The van der Waals surface area contributed by atoms with E-state index in [-0.39, 0.29) is 18.1 Å². The van der Waals surface area contributed by atoms with Gasteiger partial charge in [0.25, 0.3) is 0 Å². The quantitative estimate of drug-likeness (QED) is 0.660. The van der Waals surface area contributed by atoms with E-state index in [1.165, 1.54) is 0 Å². The molecule has 2 aliphatic rings. The smallest absolute Gasteiger partial charge is 0.407 e. The van der Waals surface area contributed by atoms with Crippen LogP contribution in [-0.4, -0.2) is 77.2 Å². The van der Waals surface area contributed by atoms with Crippen LogP contribution in [0, 0.1) is 0 Å². The Morgan fingerprint density at radius 3 is 2.03 bits per heavy atom. The summed E-state index contributed by atoms with van der Waals surface area (Å²) in [6, 6.07) is 14.8. The van der Waals surface area contributed by atoms with Gasteiger partial charge in [-0.2, -0.15) is 0 Å². The summed E-state index contributed by atoms with van der Waals surface area (Å²) in [5.74, 6) is -1.67.